The molecule has 35 heavy (non-hydrogen) atoms. The molecule has 1 amide bonds. The topological polar surface area (TPSA) is 72.5 Å². The second kappa shape index (κ2) is 9.43. The van der Waals surface area contributed by atoms with Crippen molar-refractivity contribution in [2.24, 2.45) is 0 Å². The van der Waals surface area contributed by atoms with Crippen LogP contribution in [0.15, 0.2) is 72.9 Å². The lowest BCUT2D eigenvalue weighted by molar-refractivity contribution is 0.102. The first-order valence-electron chi connectivity index (χ1n) is 11.8. The van der Waals surface area contributed by atoms with E-state index in [2.05, 4.69) is 21.7 Å². The Morgan fingerprint density at radius 1 is 0.943 bits per heavy atom. The van der Waals surface area contributed by atoms with Crippen LogP contribution in [0.3, 0.4) is 0 Å². The van der Waals surface area contributed by atoms with E-state index in [1.807, 2.05) is 60.7 Å². The van der Waals surface area contributed by atoms with Gasteiger partial charge in [0, 0.05) is 22.2 Å². The Kier molecular flexibility index (Phi) is 5.84. The molecule has 2 N–H and O–H groups in total. The van der Waals surface area contributed by atoms with Crippen LogP contribution in [0.25, 0.3) is 0 Å². The monoisotopic (exact) mass is 483 g/mol. The van der Waals surface area contributed by atoms with Gasteiger partial charge in [-0.15, -0.1) is 11.3 Å². The summed E-state index contributed by atoms with van der Waals surface area (Å²) < 4.78 is 11.2. The normalized spacial score (nSPS) is 14.7. The largest absolute Gasteiger partial charge is 0.454 e. The Labute approximate surface area is 207 Å². The number of benzene rings is 2. The molecule has 4 aromatic rings. The first-order chi connectivity index (χ1) is 17.3. The zero-order valence-electron chi connectivity index (χ0n) is 19.1. The van der Waals surface area contributed by atoms with E-state index in [1.54, 1.807) is 17.5 Å². The van der Waals surface area contributed by atoms with Crippen molar-refractivity contribution in [3.8, 4) is 11.5 Å². The van der Waals surface area contributed by atoms with Gasteiger partial charge in [0.1, 0.15) is 10.8 Å². The van der Waals surface area contributed by atoms with Crippen molar-refractivity contribution in [1.82, 2.24) is 4.98 Å². The van der Waals surface area contributed by atoms with Crippen LogP contribution in [0, 0.1) is 0 Å². The molecule has 7 heteroatoms. The molecule has 6 rings (SSSR count). The molecular formula is C28H25N3O3S. The molecule has 2 aromatic heterocycles. The molecule has 6 nitrogen and oxygen atoms in total. The predicted molar refractivity (Wildman–Crippen MR) is 138 cm³/mol. The maximum Gasteiger partial charge on any atom is 0.256 e. The molecule has 0 saturated heterocycles. The Bertz CT molecular complexity index is 1350. The van der Waals surface area contributed by atoms with Crippen LogP contribution in [-0.4, -0.2) is 17.7 Å². The van der Waals surface area contributed by atoms with Crippen LogP contribution >= 0.6 is 11.3 Å². The van der Waals surface area contributed by atoms with Gasteiger partial charge in [0.25, 0.3) is 5.91 Å². The highest BCUT2D eigenvalue weighted by Crippen LogP contribution is 2.46. The number of aromatic nitrogens is 1. The fraction of sp³-hybridized carbons (Fsp3) is 0.214. The van der Waals surface area contributed by atoms with Crippen LogP contribution in [0.1, 0.15) is 50.8 Å². The summed E-state index contributed by atoms with van der Waals surface area (Å²) in [5, 5.41) is 7.76. The van der Waals surface area contributed by atoms with E-state index in [0.717, 1.165) is 52.7 Å². The maximum absolute atomic E-state index is 13.2. The molecule has 0 radical (unpaired) electrons. The lowest BCUT2D eigenvalue weighted by Crippen LogP contribution is -2.19. The van der Waals surface area contributed by atoms with Gasteiger partial charge in [0.05, 0.1) is 6.04 Å². The number of hydrogen-bond acceptors (Lipinski definition) is 6. The number of hydrogen-bond donors (Lipinski definition) is 2. The van der Waals surface area contributed by atoms with E-state index < -0.39 is 0 Å². The average molecular weight is 484 g/mol. The summed E-state index contributed by atoms with van der Waals surface area (Å²) in [6, 6.07) is 21.0. The van der Waals surface area contributed by atoms with Gasteiger partial charge in [0.15, 0.2) is 11.5 Å². The fourth-order valence-electron chi connectivity index (χ4n) is 4.76. The molecule has 1 aliphatic carbocycles. The number of fused-ring (bicyclic) bond motifs is 2. The number of thiophene rings is 1. The SMILES string of the molecule is O=C(Nc1sc2c(c1C(Nc1ccccn1)c1ccc3c(c1)OCO3)CCCC2)c1ccccc1. The average Bonchev–Trinajstić information content (AvgIpc) is 3.52. The molecule has 2 aliphatic rings. The van der Waals surface area contributed by atoms with Crippen molar-refractivity contribution < 1.29 is 14.3 Å². The van der Waals surface area contributed by atoms with Gasteiger partial charge in [0.2, 0.25) is 6.79 Å². The molecular weight excluding hydrogens is 458 g/mol. The minimum Gasteiger partial charge on any atom is -0.454 e. The number of rotatable bonds is 6. The van der Waals surface area contributed by atoms with Gasteiger partial charge in [-0.05, 0) is 73.2 Å². The van der Waals surface area contributed by atoms with Crippen LogP contribution < -0.4 is 20.1 Å². The second-order valence-corrected chi connectivity index (χ2v) is 9.78. The molecule has 0 spiro atoms. The molecule has 1 unspecified atom stereocenters. The summed E-state index contributed by atoms with van der Waals surface area (Å²) in [5.74, 6) is 2.14. The number of amides is 1. The minimum atomic E-state index is -0.219. The number of pyridine rings is 1. The third-order valence-electron chi connectivity index (χ3n) is 6.45. The Hall–Kier alpha value is -3.84. The van der Waals surface area contributed by atoms with Crippen LogP contribution in [-0.2, 0) is 12.8 Å². The Balaban J connectivity index is 1.46. The van der Waals surface area contributed by atoms with E-state index in [-0.39, 0.29) is 18.7 Å². The van der Waals surface area contributed by atoms with E-state index in [4.69, 9.17) is 9.47 Å². The van der Waals surface area contributed by atoms with Crippen LogP contribution in [0.4, 0.5) is 10.8 Å². The van der Waals surface area contributed by atoms with Gasteiger partial charge >= 0.3 is 0 Å². The standard InChI is InChI=1S/C28H25N3O3S/c32-27(18-8-2-1-3-9-18)31-28-25(20-10-4-5-11-23(20)35-28)26(30-24-12-6-7-15-29-24)19-13-14-21-22(16-19)34-17-33-21/h1-3,6-9,12-16,26H,4-5,10-11,17H2,(H,29,30)(H,31,32). The van der Waals surface area contributed by atoms with Crippen LogP contribution in [0.2, 0.25) is 0 Å². The zero-order valence-corrected chi connectivity index (χ0v) is 19.9. The van der Waals surface area contributed by atoms with Crippen LogP contribution in [0.5, 0.6) is 11.5 Å². The smallest absolute Gasteiger partial charge is 0.256 e. The lowest BCUT2D eigenvalue weighted by atomic mass is 9.89. The first kappa shape index (κ1) is 21.7. The summed E-state index contributed by atoms with van der Waals surface area (Å²) in [6.07, 6.45) is 6.11. The molecule has 3 heterocycles. The Morgan fingerprint density at radius 3 is 2.63 bits per heavy atom. The highest BCUT2D eigenvalue weighted by molar-refractivity contribution is 7.16. The number of nitrogens with one attached hydrogen (secondary N) is 2. The van der Waals surface area contributed by atoms with Gasteiger partial charge < -0.3 is 20.1 Å². The van der Waals surface area contributed by atoms with E-state index in [0.29, 0.717) is 5.56 Å². The first-order valence-corrected chi connectivity index (χ1v) is 12.7. The summed E-state index contributed by atoms with van der Waals surface area (Å²) in [6.45, 7) is 0.226. The van der Waals surface area contributed by atoms with Crippen molar-refractivity contribution in [1.29, 1.82) is 0 Å². The Morgan fingerprint density at radius 2 is 1.77 bits per heavy atom. The molecule has 0 bridgehead atoms. The van der Waals surface area contributed by atoms with Gasteiger partial charge in [-0.3, -0.25) is 4.79 Å². The zero-order chi connectivity index (χ0) is 23.6. The molecule has 1 aliphatic heterocycles. The van der Waals surface area contributed by atoms with Crippen molar-refractivity contribution >= 4 is 28.1 Å². The maximum atomic E-state index is 13.2. The third-order valence-corrected chi connectivity index (χ3v) is 7.67. The quantitative estimate of drug-likeness (QED) is 0.341. The minimum absolute atomic E-state index is 0.104. The number of nitrogens with zero attached hydrogens (tertiary/aromatic N) is 1. The third kappa shape index (κ3) is 4.35. The number of ether oxygens (including phenoxy) is 2. The van der Waals surface area contributed by atoms with Crippen molar-refractivity contribution in [2.45, 2.75) is 31.7 Å². The lowest BCUT2D eigenvalue weighted by Gasteiger charge is -2.24. The summed E-state index contributed by atoms with van der Waals surface area (Å²) >= 11 is 1.70. The summed E-state index contributed by atoms with van der Waals surface area (Å²) in [5.41, 5.74) is 4.11. The highest BCUT2D eigenvalue weighted by atomic mass is 32.1. The highest BCUT2D eigenvalue weighted by Gasteiger charge is 2.30. The summed E-state index contributed by atoms with van der Waals surface area (Å²) in [4.78, 5) is 19.1. The van der Waals surface area contributed by atoms with Crippen molar-refractivity contribution in [3.63, 3.8) is 0 Å². The molecule has 1 atom stereocenters. The van der Waals surface area contributed by atoms with Crippen molar-refractivity contribution in [2.75, 3.05) is 17.4 Å². The van der Waals surface area contributed by atoms with Gasteiger partial charge in [-0.2, -0.15) is 0 Å². The van der Waals surface area contributed by atoms with E-state index in [9.17, 15) is 4.79 Å². The molecule has 0 fully saturated rings. The molecule has 176 valence electrons. The second-order valence-electron chi connectivity index (χ2n) is 8.68. The number of aryl methyl sites for hydroxylation is 1. The number of anilines is 2. The number of carbonyl (C=O) groups is 1. The predicted octanol–water partition coefficient (Wildman–Crippen LogP) is 6.20. The number of carbonyl (C=O) groups excluding carboxylic acids is 1. The molecule has 2 aromatic carbocycles. The van der Waals surface area contributed by atoms with Crippen molar-refractivity contribution in [3.05, 3.63) is 100 Å². The van der Waals surface area contributed by atoms with Gasteiger partial charge in [-0.25, -0.2) is 4.98 Å². The van der Waals surface area contributed by atoms with E-state index in [1.165, 1.54) is 16.9 Å². The van der Waals surface area contributed by atoms with Gasteiger partial charge in [-0.1, -0.05) is 30.3 Å². The van der Waals surface area contributed by atoms with E-state index >= 15 is 0 Å². The summed E-state index contributed by atoms with van der Waals surface area (Å²) in [7, 11) is 0. The fourth-order valence-corrected chi connectivity index (χ4v) is 6.09. The molecule has 0 saturated carbocycles.